The quantitative estimate of drug-likeness (QED) is 0.806. The molecule has 1 N–H and O–H groups in total. The van der Waals surface area contributed by atoms with Gasteiger partial charge in [0.15, 0.2) is 0 Å². The molecule has 0 spiro atoms. The summed E-state index contributed by atoms with van der Waals surface area (Å²) in [5, 5.41) is 2.78. The van der Waals surface area contributed by atoms with Gasteiger partial charge in [0.05, 0.1) is 17.7 Å². The average molecular weight is 326 g/mol. The minimum Gasteiger partial charge on any atom is -0.349 e. The van der Waals surface area contributed by atoms with Gasteiger partial charge >= 0.3 is 0 Å². The fourth-order valence-corrected chi connectivity index (χ4v) is 2.67. The van der Waals surface area contributed by atoms with Crippen LogP contribution < -0.4 is 5.32 Å². The predicted octanol–water partition coefficient (Wildman–Crippen LogP) is 1.11. The van der Waals surface area contributed by atoms with Gasteiger partial charge in [0.1, 0.15) is 5.82 Å². The number of hydrogen-bond acceptors (Lipinski definition) is 4. The first-order valence-corrected chi connectivity index (χ1v) is 7.76. The number of imide groups is 1. The van der Waals surface area contributed by atoms with Gasteiger partial charge in [-0.15, -0.1) is 0 Å². The number of amides is 3. The Balaban J connectivity index is 1.47. The zero-order valence-corrected chi connectivity index (χ0v) is 13.4. The second kappa shape index (κ2) is 6.66. The maximum atomic E-state index is 12.2. The molecular formula is C17H18N4O3. The second-order valence-electron chi connectivity index (χ2n) is 5.64. The van der Waals surface area contributed by atoms with E-state index in [9.17, 15) is 14.4 Å². The fourth-order valence-electron chi connectivity index (χ4n) is 2.67. The van der Waals surface area contributed by atoms with Crippen LogP contribution in [0.5, 0.6) is 0 Å². The van der Waals surface area contributed by atoms with Gasteiger partial charge < -0.3 is 9.88 Å². The molecule has 7 heteroatoms. The number of carbonyl (C=O) groups is 3. The number of fused-ring (bicyclic) bond motifs is 1. The number of nitrogens with zero attached hydrogens (tertiary/aromatic N) is 3. The van der Waals surface area contributed by atoms with Crippen LogP contribution in [0.25, 0.3) is 0 Å². The molecule has 0 saturated heterocycles. The Morgan fingerprint density at radius 3 is 2.42 bits per heavy atom. The summed E-state index contributed by atoms with van der Waals surface area (Å²) < 4.78 is 1.83. The zero-order chi connectivity index (χ0) is 17.1. The minimum atomic E-state index is -0.288. The van der Waals surface area contributed by atoms with Crippen LogP contribution in [0.1, 0.15) is 39.4 Å². The van der Waals surface area contributed by atoms with Crippen LogP contribution in [0.3, 0.4) is 0 Å². The molecule has 124 valence electrons. The third-order valence-corrected chi connectivity index (χ3v) is 4.03. The van der Waals surface area contributed by atoms with Crippen molar-refractivity contribution in [1.29, 1.82) is 0 Å². The van der Waals surface area contributed by atoms with Gasteiger partial charge in [0.2, 0.25) is 5.91 Å². The molecule has 0 saturated carbocycles. The highest BCUT2D eigenvalue weighted by Crippen LogP contribution is 2.22. The summed E-state index contributed by atoms with van der Waals surface area (Å²) in [4.78, 5) is 41.6. The molecule has 2 heterocycles. The van der Waals surface area contributed by atoms with Gasteiger partial charge in [-0.1, -0.05) is 12.1 Å². The van der Waals surface area contributed by atoms with E-state index in [1.807, 2.05) is 17.8 Å². The third kappa shape index (κ3) is 3.05. The highest BCUT2D eigenvalue weighted by atomic mass is 16.2. The van der Waals surface area contributed by atoms with Crippen molar-refractivity contribution in [3.63, 3.8) is 0 Å². The van der Waals surface area contributed by atoms with Crippen molar-refractivity contribution in [3.8, 4) is 0 Å². The van der Waals surface area contributed by atoms with E-state index in [-0.39, 0.29) is 30.7 Å². The molecule has 1 aliphatic rings. The van der Waals surface area contributed by atoms with Crippen molar-refractivity contribution in [3.05, 3.63) is 53.6 Å². The lowest BCUT2D eigenvalue weighted by Gasteiger charge is -2.13. The highest BCUT2D eigenvalue weighted by molar-refractivity contribution is 6.21. The summed E-state index contributed by atoms with van der Waals surface area (Å²) in [5.74, 6) is 0.0614. The molecule has 24 heavy (non-hydrogen) atoms. The van der Waals surface area contributed by atoms with Crippen molar-refractivity contribution in [2.45, 2.75) is 19.4 Å². The standard InChI is InChI=1S/C17H18N4O3/c1-20-10-8-18-14(20)11-19-15(22)7-4-9-21-16(23)12-5-2-3-6-13(12)17(21)24/h2-3,5-6,8,10H,4,7,9,11H2,1H3,(H,19,22). The molecule has 0 aliphatic carbocycles. The van der Waals surface area contributed by atoms with Gasteiger partial charge in [0.25, 0.3) is 11.8 Å². The Morgan fingerprint density at radius 2 is 1.83 bits per heavy atom. The second-order valence-corrected chi connectivity index (χ2v) is 5.64. The normalized spacial score (nSPS) is 13.3. The van der Waals surface area contributed by atoms with Crippen LogP contribution in [0.4, 0.5) is 0 Å². The number of imidazole rings is 1. The Morgan fingerprint density at radius 1 is 1.17 bits per heavy atom. The number of carbonyl (C=O) groups excluding carboxylic acids is 3. The summed E-state index contributed by atoms with van der Waals surface area (Å²) in [7, 11) is 1.86. The number of aryl methyl sites for hydroxylation is 1. The van der Waals surface area contributed by atoms with Gasteiger partial charge in [0, 0.05) is 32.4 Å². The number of rotatable bonds is 6. The molecule has 0 unspecified atom stereocenters. The van der Waals surface area contributed by atoms with Crippen LogP contribution >= 0.6 is 0 Å². The molecule has 3 rings (SSSR count). The molecule has 3 amide bonds. The summed E-state index contributed by atoms with van der Waals surface area (Å²) in [5.41, 5.74) is 0.864. The minimum absolute atomic E-state index is 0.130. The van der Waals surface area contributed by atoms with Crippen molar-refractivity contribution < 1.29 is 14.4 Å². The smallest absolute Gasteiger partial charge is 0.261 e. The van der Waals surface area contributed by atoms with Crippen molar-refractivity contribution >= 4 is 17.7 Å². The molecular weight excluding hydrogens is 308 g/mol. The number of aromatic nitrogens is 2. The SMILES string of the molecule is Cn1ccnc1CNC(=O)CCCN1C(=O)c2ccccc2C1=O. The molecule has 1 aromatic heterocycles. The van der Waals surface area contributed by atoms with E-state index >= 15 is 0 Å². The molecule has 2 aromatic rings. The third-order valence-electron chi connectivity index (χ3n) is 4.03. The van der Waals surface area contributed by atoms with Gasteiger partial charge in [-0.3, -0.25) is 19.3 Å². The average Bonchev–Trinajstić information content (AvgIpc) is 3.10. The van der Waals surface area contributed by atoms with Crippen LogP contribution in [0, 0.1) is 0 Å². The van der Waals surface area contributed by atoms with Gasteiger partial charge in [-0.05, 0) is 18.6 Å². The molecule has 1 aromatic carbocycles. The lowest BCUT2D eigenvalue weighted by molar-refractivity contribution is -0.121. The lowest BCUT2D eigenvalue weighted by Crippen LogP contribution is -2.32. The van der Waals surface area contributed by atoms with Crippen LogP contribution in [0.2, 0.25) is 0 Å². The Labute approximate surface area is 139 Å². The van der Waals surface area contributed by atoms with Crippen LogP contribution in [0.15, 0.2) is 36.7 Å². The monoisotopic (exact) mass is 326 g/mol. The molecule has 0 bridgehead atoms. The van der Waals surface area contributed by atoms with Crippen molar-refractivity contribution in [1.82, 2.24) is 19.8 Å². The first kappa shape index (κ1) is 15.9. The maximum absolute atomic E-state index is 12.2. The van der Waals surface area contributed by atoms with Gasteiger partial charge in [-0.2, -0.15) is 0 Å². The van der Waals surface area contributed by atoms with E-state index < -0.39 is 0 Å². The topological polar surface area (TPSA) is 84.3 Å². The van der Waals surface area contributed by atoms with Gasteiger partial charge in [-0.25, -0.2) is 4.98 Å². The van der Waals surface area contributed by atoms with E-state index in [0.29, 0.717) is 24.1 Å². The van der Waals surface area contributed by atoms with E-state index in [4.69, 9.17) is 0 Å². The number of benzene rings is 1. The van der Waals surface area contributed by atoms with Crippen LogP contribution in [-0.2, 0) is 18.4 Å². The first-order chi connectivity index (χ1) is 11.6. The largest absolute Gasteiger partial charge is 0.349 e. The summed E-state index contributed by atoms with van der Waals surface area (Å²) >= 11 is 0. The van der Waals surface area contributed by atoms with Crippen LogP contribution in [-0.4, -0.2) is 38.7 Å². The number of hydrogen-bond donors (Lipinski definition) is 1. The predicted molar refractivity (Wildman–Crippen MR) is 86.1 cm³/mol. The lowest BCUT2D eigenvalue weighted by atomic mass is 10.1. The first-order valence-electron chi connectivity index (χ1n) is 7.76. The Hall–Kier alpha value is -2.96. The maximum Gasteiger partial charge on any atom is 0.261 e. The van der Waals surface area contributed by atoms with Crippen molar-refractivity contribution in [2.24, 2.45) is 7.05 Å². The highest BCUT2D eigenvalue weighted by Gasteiger charge is 2.34. The van der Waals surface area contributed by atoms with E-state index in [2.05, 4.69) is 10.3 Å². The zero-order valence-electron chi connectivity index (χ0n) is 13.4. The molecule has 1 aliphatic heterocycles. The summed E-state index contributed by atoms with van der Waals surface area (Å²) in [6.45, 7) is 0.595. The molecule has 0 atom stereocenters. The Bertz CT molecular complexity index is 762. The fraction of sp³-hybridized carbons (Fsp3) is 0.294. The van der Waals surface area contributed by atoms with E-state index in [1.165, 1.54) is 4.90 Å². The number of nitrogens with one attached hydrogen (secondary N) is 1. The molecule has 0 fully saturated rings. The molecule has 7 nitrogen and oxygen atoms in total. The molecule has 0 radical (unpaired) electrons. The van der Waals surface area contributed by atoms with Crippen molar-refractivity contribution in [2.75, 3.05) is 6.54 Å². The summed E-state index contributed by atoms with van der Waals surface area (Å²) in [6.07, 6.45) is 4.16. The van der Waals surface area contributed by atoms with E-state index in [1.54, 1.807) is 30.5 Å². The Kier molecular flexibility index (Phi) is 4.41. The van der Waals surface area contributed by atoms with E-state index in [0.717, 1.165) is 5.82 Å². The summed E-state index contributed by atoms with van der Waals surface area (Å²) in [6, 6.07) is 6.77.